The van der Waals surface area contributed by atoms with Gasteiger partial charge in [-0.1, -0.05) is 36.6 Å². The largest absolute Gasteiger partial charge is 0.508 e. The van der Waals surface area contributed by atoms with Crippen LogP contribution >= 0.6 is 0 Å². The van der Waals surface area contributed by atoms with Gasteiger partial charge in [-0.25, -0.2) is 0 Å². The van der Waals surface area contributed by atoms with E-state index in [1.165, 1.54) is 16.7 Å². The molecule has 1 saturated carbocycles. The molecule has 0 aromatic heterocycles. The smallest absolute Gasteiger partial charge is 0.115 e. The molecular formula is C20H20O. The molecule has 0 spiro atoms. The summed E-state index contributed by atoms with van der Waals surface area (Å²) >= 11 is 0. The van der Waals surface area contributed by atoms with Crippen molar-refractivity contribution in [1.29, 1.82) is 0 Å². The Balaban J connectivity index is 1.76. The van der Waals surface area contributed by atoms with Crippen LogP contribution in [-0.4, -0.2) is 5.11 Å². The Labute approximate surface area is 126 Å². The molecule has 1 aromatic carbocycles. The van der Waals surface area contributed by atoms with E-state index in [9.17, 15) is 5.11 Å². The number of rotatable bonds is 0. The summed E-state index contributed by atoms with van der Waals surface area (Å²) in [5, 5.41) is 9.69. The normalized spacial score (nSPS) is 33.1. The van der Waals surface area contributed by atoms with Crippen molar-refractivity contribution >= 4 is 0 Å². The van der Waals surface area contributed by atoms with Crippen molar-refractivity contribution in [1.82, 2.24) is 0 Å². The highest BCUT2D eigenvalue weighted by atomic mass is 16.3. The Morgan fingerprint density at radius 1 is 1.33 bits per heavy atom. The van der Waals surface area contributed by atoms with Crippen molar-refractivity contribution in [3.8, 4) is 18.1 Å². The Morgan fingerprint density at radius 3 is 3.00 bits per heavy atom. The van der Waals surface area contributed by atoms with Gasteiger partial charge < -0.3 is 5.11 Å². The second-order valence-corrected chi connectivity index (χ2v) is 6.85. The summed E-state index contributed by atoms with van der Waals surface area (Å²) in [6, 6.07) is 5.88. The first-order valence-corrected chi connectivity index (χ1v) is 7.82. The maximum absolute atomic E-state index is 9.69. The molecule has 0 amide bonds. The van der Waals surface area contributed by atoms with Gasteiger partial charge in [0.2, 0.25) is 0 Å². The number of terminal acetylenes is 1. The molecule has 1 fully saturated rings. The SMILES string of the molecule is C#CC1=CCC2C3=CCc4cc(O)ccc4C3CC[C@]12C. The molecule has 1 N–H and O–H groups in total. The van der Waals surface area contributed by atoms with Crippen LogP contribution in [0.1, 0.15) is 43.2 Å². The molecule has 1 heteroatoms. The molecule has 106 valence electrons. The van der Waals surface area contributed by atoms with Gasteiger partial charge in [0.25, 0.3) is 0 Å². The van der Waals surface area contributed by atoms with Gasteiger partial charge in [0, 0.05) is 16.9 Å². The molecule has 0 heterocycles. The van der Waals surface area contributed by atoms with E-state index in [2.05, 4.69) is 31.1 Å². The van der Waals surface area contributed by atoms with Gasteiger partial charge in [-0.05, 0) is 54.9 Å². The number of hydrogen-bond donors (Lipinski definition) is 1. The third-order valence-electron chi connectivity index (χ3n) is 5.91. The van der Waals surface area contributed by atoms with Crippen LogP contribution < -0.4 is 0 Å². The number of aromatic hydroxyl groups is 1. The summed E-state index contributed by atoms with van der Waals surface area (Å²) in [5.74, 6) is 4.40. The van der Waals surface area contributed by atoms with E-state index in [4.69, 9.17) is 6.42 Å². The van der Waals surface area contributed by atoms with Gasteiger partial charge in [0.05, 0.1) is 0 Å². The first kappa shape index (κ1) is 12.8. The standard InChI is InChI=1S/C20H20O/c1-3-14-5-9-19-18-7-4-13-12-15(21)6-8-16(13)17(18)10-11-20(14,19)2/h1,5-8,12,17,19,21H,4,9-11H2,2H3/t17?,19?,20-/m1/s1. The molecule has 1 nitrogen and oxygen atoms in total. The Kier molecular flexibility index (Phi) is 2.60. The first-order valence-electron chi connectivity index (χ1n) is 7.82. The van der Waals surface area contributed by atoms with Gasteiger partial charge in [-0.2, -0.15) is 0 Å². The molecule has 3 atom stereocenters. The molecule has 21 heavy (non-hydrogen) atoms. The zero-order chi connectivity index (χ0) is 14.6. The average Bonchev–Trinajstić information content (AvgIpc) is 2.83. The quantitative estimate of drug-likeness (QED) is 0.552. The summed E-state index contributed by atoms with van der Waals surface area (Å²) in [7, 11) is 0. The van der Waals surface area contributed by atoms with E-state index < -0.39 is 0 Å². The van der Waals surface area contributed by atoms with Crippen molar-refractivity contribution in [2.45, 2.75) is 38.5 Å². The van der Waals surface area contributed by atoms with E-state index in [-0.39, 0.29) is 5.41 Å². The fraction of sp³-hybridized carbons (Fsp3) is 0.400. The fourth-order valence-electron chi connectivity index (χ4n) is 4.76. The lowest BCUT2D eigenvalue weighted by atomic mass is 9.58. The van der Waals surface area contributed by atoms with Crippen LogP contribution in [0.15, 0.2) is 41.5 Å². The third kappa shape index (κ3) is 1.65. The first-order chi connectivity index (χ1) is 10.1. The second-order valence-electron chi connectivity index (χ2n) is 6.85. The number of allylic oxidation sites excluding steroid dienone is 4. The Hall–Kier alpha value is -1.94. The lowest BCUT2D eigenvalue weighted by molar-refractivity contribution is 0.224. The molecule has 1 aromatic rings. The molecule has 3 aliphatic rings. The zero-order valence-electron chi connectivity index (χ0n) is 12.4. The van der Waals surface area contributed by atoms with Gasteiger partial charge in [0.15, 0.2) is 0 Å². The third-order valence-corrected chi connectivity index (χ3v) is 5.91. The molecule has 0 aliphatic heterocycles. The van der Waals surface area contributed by atoms with Crippen LogP contribution in [0, 0.1) is 23.7 Å². The number of fused-ring (bicyclic) bond motifs is 5. The minimum Gasteiger partial charge on any atom is -0.508 e. The maximum atomic E-state index is 9.69. The van der Waals surface area contributed by atoms with E-state index in [0.29, 0.717) is 17.6 Å². The highest BCUT2D eigenvalue weighted by molar-refractivity contribution is 5.50. The van der Waals surface area contributed by atoms with Crippen LogP contribution in [0.5, 0.6) is 5.75 Å². The van der Waals surface area contributed by atoms with E-state index in [1.54, 1.807) is 5.57 Å². The lowest BCUT2D eigenvalue weighted by Gasteiger charge is -2.45. The predicted octanol–water partition coefficient (Wildman–Crippen LogP) is 4.34. The monoisotopic (exact) mass is 276 g/mol. The molecule has 3 aliphatic carbocycles. The molecule has 0 radical (unpaired) electrons. The van der Waals surface area contributed by atoms with Crippen molar-refractivity contribution in [3.63, 3.8) is 0 Å². The zero-order valence-corrected chi connectivity index (χ0v) is 12.4. The summed E-state index contributed by atoms with van der Waals surface area (Å²) < 4.78 is 0. The van der Waals surface area contributed by atoms with Gasteiger partial charge in [-0.15, -0.1) is 6.42 Å². The van der Waals surface area contributed by atoms with Crippen LogP contribution in [0.2, 0.25) is 0 Å². The molecular weight excluding hydrogens is 256 g/mol. The summed E-state index contributed by atoms with van der Waals surface area (Å²) in [6.07, 6.45) is 14.8. The summed E-state index contributed by atoms with van der Waals surface area (Å²) in [6.45, 7) is 2.35. The van der Waals surface area contributed by atoms with Crippen LogP contribution in [0.4, 0.5) is 0 Å². The van der Waals surface area contributed by atoms with Gasteiger partial charge in [-0.3, -0.25) is 0 Å². The van der Waals surface area contributed by atoms with Crippen LogP contribution in [0.25, 0.3) is 0 Å². The van der Waals surface area contributed by atoms with E-state index in [1.807, 2.05) is 12.1 Å². The van der Waals surface area contributed by atoms with Crippen LogP contribution in [0.3, 0.4) is 0 Å². The minimum atomic E-state index is 0.172. The van der Waals surface area contributed by atoms with Crippen LogP contribution in [-0.2, 0) is 6.42 Å². The van der Waals surface area contributed by atoms with Crippen molar-refractivity contribution in [2.24, 2.45) is 11.3 Å². The van der Waals surface area contributed by atoms with Gasteiger partial charge >= 0.3 is 0 Å². The second kappa shape index (κ2) is 4.28. The topological polar surface area (TPSA) is 20.2 Å². The highest BCUT2D eigenvalue weighted by Gasteiger charge is 2.48. The lowest BCUT2D eigenvalue weighted by Crippen LogP contribution is -2.35. The number of phenols is 1. The Bertz CT molecular complexity index is 716. The van der Waals surface area contributed by atoms with Gasteiger partial charge in [0.1, 0.15) is 5.75 Å². The Morgan fingerprint density at radius 2 is 2.19 bits per heavy atom. The average molecular weight is 276 g/mol. The number of hydrogen-bond acceptors (Lipinski definition) is 1. The number of phenolic OH excluding ortho intramolecular Hbond substituents is 1. The molecule has 0 bridgehead atoms. The van der Waals surface area contributed by atoms with Crippen molar-refractivity contribution in [3.05, 3.63) is 52.6 Å². The molecule has 4 rings (SSSR count). The predicted molar refractivity (Wildman–Crippen MR) is 85.0 cm³/mol. The van der Waals surface area contributed by atoms with E-state index in [0.717, 1.165) is 25.7 Å². The fourth-order valence-corrected chi connectivity index (χ4v) is 4.76. The summed E-state index contributed by atoms with van der Waals surface area (Å²) in [4.78, 5) is 0. The van der Waals surface area contributed by atoms with Crippen molar-refractivity contribution < 1.29 is 5.11 Å². The maximum Gasteiger partial charge on any atom is 0.115 e. The van der Waals surface area contributed by atoms with Crippen molar-refractivity contribution in [2.75, 3.05) is 0 Å². The molecule has 2 unspecified atom stereocenters. The molecule has 0 saturated heterocycles. The minimum absolute atomic E-state index is 0.172. The highest BCUT2D eigenvalue weighted by Crippen LogP contribution is 2.59. The van der Waals surface area contributed by atoms with E-state index >= 15 is 0 Å². The summed E-state index contributed by atoms with van der Waals surface area (Å²) in [5.41, 5.74) is 5.68. The number of benzene rings is 1.